The maximum absolute atomic E-state index is 11.3. The Balaban J connectivity index is 1.91. The van der Waals surface area contributed by atoms with Gasteiger partial charge in [0.05, 0.1) is 13.2 Å². The molecule has 0 aromatic heterocycles. The first-order valence-corrected chi connectivity index (χ1v) is 7.55. The van der Waals surface area contributed by atoms with E-state index in [1.165, 1.54) is 6.92 Å². The molecule has 22 heavy (non-hydrogen) atoms. The van der Waals surface area contributed by atoms with Crippen LogP contribution in [0.25, 0.3) is 0 Å². The predicted octanol–water partition coefficient (Wildman–Crippen LogP) is 4.03. The Kier molecular flexibility index (Phi) is 6.44. The summed E-state index contributed by atoms with van der Waals surface area (Å²) >= 11 is 6.15. The molecule has 4 heteroatoms. The monoisotopic (exact) mass is 318 g/mol. The largest absolute Gasteiger partial charge is 0.460 e. The van der Waals surface area contributed by atoms with Gasteiger partial charge in [-0.3, -0.25) is 4.79 Å². The van der Waals surface area contributed by atoms with Crippen LogP contribution in [0.5, 0.6) is 0 Å². The lowest BCUT2D eigenvalue weighted by Crippen LogP contribution is -2.25. The molecular weight excluding hydrogens is 300 g/mol. The van der Waals surface area contributed by atoms with Crippen molar-refractivity contribution in [1.82, 2.24) is 0 Å². The third-order valence-corrected chi connectivity index (χ3v) is 3.52. The van der Waals surface area contributed by atoms with Crippen molar-refractivity contribution in [3.05, 3.63) is 70.7 Å². The van der Waals surface area contributed by atoms with E-state index in [0.29, 0.717) is 24.7 Å². The highest BCUT2D eigenvalue weighted by Gasteiger charge is 2.15. The minimum atomic E-state index is -0.346. The summed E-state index contributed by atoms with van der Waals surface area (Å²) in [5, 5.41) is 0.669. The maximum Gasteiger partial charge on any atom is 0.302 e. The molecular formula is C18H19ClO3. The van der Waals surface area contributed by atoms with Gasteiger partial charge in [0.1, 0.15) is 6.10 Å². The Bertz CT molecular complexity index is 598. The second-order valence-corrected chi connectivity index (χ2v) is 5.43. The van der Waals surface area contributed by atoms with Crippen LogP contribution in [0.15, 0.2) is 54.6 Å². The molecule has 2 rings (SSSR count). The summed E-state index contributed by atoms with van der Waals surface area (Å²) < 4.78 is 11.0. The molecule has 0 aliphatic carbocycles. The van der Waals surface area contributed by atoms with Gasteiger partial charge in [-0.05, 0) is 17.2 Å². The molecule has 0 bridgehead atoms. The van der Waals surface area contributed by atoms with Crippen LogP contribution in [-0.2, 0) is 27.3 Å². The summed E-state index contributed by atoms with van der Waals surface area (Å²) in [4.78, 5) is 11.3. The van der Waals surface area contributed by atoms with Crippen molar-refractivity contribution in [3.63, 3.8) is 0 Å². The van der Waals surface area contributed by atoms with Crippen molar-refractivity contribution in [2.24, 2.45) is 0 Å². The van der Waals surface area contributed by atoms with Crippen LogP contribution in [0.1, 0.15) is 18.1 Å². The summed E-state index contributed by atoms with van der Waals surface area (Å²) in [5.74, 6) is -0.319. The number of rotatable bonds is 7. The minimum absolute atomic E-state index is 0.319. The van der Waals surface area contributed by atoms with Gasteiger partial charge in [-0.2, -0.15) is 0 Å². The van der Waals surface area contributed by atoms with E-state index in [1.54, 1.807) is 0 Å². The van der Waals surface area contributed by atoms with Gasteiger partial charge in [0.25, 0.3) is 0 Å². The maximum atomic E-state index is 11.3. The quantitative estimate of drug-likeness (QED) is 0.723. The second-order valence-electron chi connectivity index (χ2n) is 5.03. The third-order valence-electron chi connectivity index (χ3n) is 3.15. The lowest BCUT2D eigenvalue weighted by atomic mass is 10.1. The van der Waals surface area contributed by atoms with E-state index in [0.717, 1.165) is 11.1 Å². The Morgan fingerprint density at radius 2 is 1.77 bits per heavy atom. The number of esters is 1. The van der Waals surface area contributed by atoms with Crippen LogP contribution in [0.2, 0.25) is 5.02 Å². The summed E-state index contributed by atoms with van der Waals surface area (Å²) in [5.41, 5.74) is 2.03. The molecule has 2 aromatic carbocycles. The van der Waals surface area contributed by atoms with Gasteiger partial charge in [0.15, 0.2) is 0 Å². The van der Waals surface area contributed by atoms with Crippen LogP contribution in [0.4, 0.5) is 0 Å². The smallest absolute Gasteiger partial charge is 0.302 e. The fraction of sp³-hybridized carbons (Fsp3) is 0.278. The molecule has 0 spiro atoms. The Morgan fingerprint density at radius 3 is 2.45 bits per heavy atom. The van der Waals surface area contributed by atoms with Gasteiger partial charge in [-0.15, -0.1) is 0 Å². The third kappa shape index (κ3) is 5.51. The Hall–Kier alpha value is -1.84. The molecule has 0 amide bonds. The number of carbonyl (C=O) groups excluding carboxylic acids is 1. The molecule has 1 unspecified atom stereocenters. The van der Waals surface area contributed by atoms with Gasteiger partial charge >= 0.3 is 5.97 Å². The number of benzene rings is 2. The van der Waals surface area contributed by atoms with Gasteiger partial charge in [-0.25, -0.2) is 0 Å². The molecule has 0 saturated carbocycles. The van der Waals surface area contributed by atoms with Gasteiger partial charge in [0.2, 0.25) is 0 Å². The number of ether oxygens (including phenoxy) is 2. The zero-order chi connectivity index (χ0) is 15.8. The van der Waals surface area contributed by atoms with E-state index in [2.05, 4.69) is 0 Å². The molecule has 0 heterocycles. The molecule has 0 aliphatic heterocycles. The summed E-state index contributed by atoms with van der Waals surface area (Å²) in [6, 6.07) is 17.4. The van der Waals surface area contributed by atoms with Crippen molar-refractivity contribution in [2.45, 2.75) is 26.1 Å². The highest BCUT2D eigenvalue weighted by atomic mass is 35.5. The summed E-state index contributed by atoms with van der Waals surface area (Å²) in [6.45, 7) is 2.22. The SMILES string of the molecule is CC(=O)OC(COCc1ccccc1)Cc1ccccc1Cl. The first-order valence-electron chi connectivity index (χ1n) is 7.17. The van der Waals surface area contributed by atoms with Crippen molar-refractivity contribution in [2.75, 3.05) is 6.61 Å². The molecule has 0 saturated heterocycles. The molecule has 0 N–H and O–H groups in total. The van der Waals surface area contributed by atoms with Crippen molar-refractivity contribution in [1.29, 1.82) is 0 Å². The normalized spacial score (nSPS) is 11.9. The fourth-order valence-electron chi connectivity index (χ4n) is 2.16. The number of hydrogen-bond acceptors (Lipinski definition) is 3. The Labute approximate surface area is 135 Å². The fourth-order valence-corrected chi connectivity index (χ4v) is 2.37. The first kappa shape index (κ1) is 16.5. The number of halogens is 1. The first-order chi connectivity index (χ1) is 10.6. The van der Waals surface area contributed by atoms with E-state index >= 15 is 0 Å². The molecule has 0 radical (unpaired) electrons. The second kappa shape index (κ2) is 8.57. The zero-order valence-corrected chi connectivity index (χ0v) is 13.3. The highest BCUT2D eigenvalue weighted by molar-refractivity contribution is 6.31. The van der Waals surface area contributed by atoms with E-state index in [9.17, 15) is 4.79 Å². The van der Waals surface area contributed by atoms with Crippen molar-refractivity contribution < 1.29 is 14.3 Å². The number of hydrogen-bond donors (Lipinski definition) is 0. The van der Waals surface area contributed by atoms with Crippen LogP contribution < -0.4 is 0 Å². The minimum Gasteiger partial charge on any atom is -0.460 e. The lowest BCUT2D eigenvalue weighted by Gasteiger charge is -2.18. The van der Waals surface area contributed by atoms with Crippen molar-refractivity contribution in [3.8, 4) is 0 Å². The highest BCUT2D eigenvalue weighted by Crippen LogP contribution is 2.18. The van der Waals surface area contributed by atoms with Gasteiger partial charge < -0.3 is 9.47 Å². The summed E-state index contributed by atoms with van der Waals surface area (Å²) in [6.07, 6.45) is 0.190. The van der Waals surface area contributed by atoms with Crippen LogP contribution in [-0.4, -0.2) is 18.7 Å². The predicted molar refractivity (Wildman–Crippen MR) is 86.8 cm³/mol. The molecule has 116 valence electrons. The van der Waals surface area contributed by atoms with Crippen LogP contribution in [0, 0.1) is 0 Å². The Morgan fingerprint density at radius 1 is 1.09 bits per heavy atom. The van der Waals surface area contributed by atoms with Crippen molar-refractivity contribution >= 4 is 17.6 Å². The van der Waals surface area contributed by atoms with Gasteiger partial charge in [0, 0.05) is 18.4 Å². The zero-order valence-electron chi connectivity index (χ0n) is 12.5. The lowest BCUT2D eigenvalue weighted by molar-refractivity contribution is -0.149. The van der Waals surface area contributed by atoms with E-state index < -0.39 is 0 Å². The molecule has 3 nitrogen and oxygen atoms in total. The van der Waals surface area contributed by atoms with E-state index in [-0.39, 0.29) is 12.1 Å². The van der Waals surface area contributed by atoms with Crippen LogP contribution in [0.3, 0.4) is 0 Å². The molecule has 0 aliphatic rings. The van der Waals surface area contributed by atoms with E-state index in [1.807, 2.05) is 54.6 Å². The van der Waals surface area contributed by atoms with E-state index in [4.69, 9.17) is 21.1 Å². The number of carbonyl (C=O) groups is 1. The molecule has 0 fully saturated rings. The average molecular weight is 319 g/mol. The summed E-state index contributed by atoms with van der Waals surface area (Å²) in [7, 11) is 0. The molecule has 1 atom stereocenters. The van der Waals surface area contributed by atoms with Gasteiger partial charge in [-0.1, -0.05) is 60.1 Å². The standard InChI is InChI=1S/C18H19ClO3/c1-14(20)22-17(11-16-9-5-6-10-18(16)19)13-21-12-15-7-3-2-4-8-15/h2-10,17H,11-13H2,1H3. The average Bonchev–Trinajstić information content (AvgIpc) is 2.50. The molecule has 2 aromatic rings. The van der Waals surface area contributed by atoms with Crippen LogP contribution >= 0.6 is 11.6 Å². The topological polar surface area (TPSA) is 35.5 Å².